The first kappa shape index (κ1) is 26.7. The van der Waals surface area contributed by atoms with E-state index in [1.807, 2.05) is 52.8 Å². The van der Waals surface area contributed by atoms with Gasteiger partial charge < -0.3 is 5.73 Å². The second kappa shape index (κ2) is 10.2. The van der Waals surface area contributed by atoms with Gasteiger partial charge in [0.2, 0.25) is 11.8 Å². The lowest BCUT2D eigenvalue weighted by molar-refractivity contribution is -0.141. The Hall–Kier alpha value is -3.33. The summed E-state index contributed by atoms with van der Waals surface area (Å²) in [5, 5.41) is 0. The summed E-state index contributed by atoms with van der Waals surface area (Å²) in [5.41, 5.74) is 9.87. The Bertz CT molecular complexity index is 1380. The third-order valence-corrected chi connectivity index (χ3v) is 8.52. The molecule has 0 aromatic carbocycles. The zero-order chi connectivity index (χ0) is 27.1. The average molecular weight is 522 g/mol. The molecule has 1 aliphatic rings. The number of thiophene rings is 1. The van der Waals surface area contributed by atoms with Gasteiger partial charge >= 0.3 is 6.03 Å². The molecule has 196 valence electrons. The van der Waals surface area contributed by atoms with Gasteiger partial charge in [0, 0.05) is 34.8 Å². The number of unbranched alkanes of at least 4 members (excludes halogenated alkanes) is 2. The number of carbonyl (C=O) groups excluding carboxylic acids is 3. The van der Waals surface area contributed by atoms with Gasteiger partial charge in [0.25, 0.3) is 0 Å². The van der Waals surface area contributed by atoms with Gasteiger partial charge in [-0.15, -0.1) is 11.3 Å². The van der Waals surface area contributed by atoms with Crippen LogP contribution in [0.3, 0.4) is 0 Å². The first-order valence-corrected chi connectivity index (χ1v) is 13.6. The van der Waals surface area contributed by atoms with Gasteiger partial charge in [0.1, 0.15) is 0 Å². The van der Waals surface area contributed by atoms with Crippen molar-refractivity contribution in [3.8, 4) is 11.3 Å². The highest BCUT2D eigenvalue weighted by atomic mass is 32.1. The summed E-state index contributed by atoms with van der Waals surface area (Å²) >= 11 is 1.49. The van der Waals surface area contributed by atoms with Crippen LogP contribution in [-0.2, 0) is 16.1 Å². The van der Waals surface area contributed by atoms with Crippen LogP contribution in [0.15, 0.2) is 24.4 Å². The fourth-order valence-corrected chi connectivity index (χ4v) is 6.06. The minimum atomic E-state index is -0.717. The number of amides is 4. The Morgan fingerprint density at radius 1 is 1.22 bits per heavy atom. The molecule has 8 nitrogen and oxygen atoms in total. The summed E-state index contributed by atoms with van der Waals surface area (Å²) in [6, 6.07) is 5.28. The topological polar surface area (TPSA) is 109 Å². The van der Waals surface area contributed by atoms with Crippen LogP contribution in [0.2, 0.25) is 0 Å². The Labute approximate surface area is 221 Å². The van der Waals surface area contributed by atoms with Crippen LogP contribution >= 0.6 is 11.3 Å². The number of hydrogen-bond acceptors (Lipinski definition) is 6. The largest absolute Gasteiger partial charge is 0.351 e. The molecule has 0 bridgehead atoms. The van der Waals surface area contributed by atoms with Crippen LogP contribution in [0.5, 0.6) is 0 Å². The Morgan fingerprint density at radius 3 is 2.57 bits per heavy atom. The van der Waals surface area contributed by atoms with Gasteiger partial charge in [-0.25, -0.2) is 4.79 Å². The zero-order valence-electron chi connectivity index (χ0n) is 22.4. The van der Waals surface area contributed by atoms with Crippen LogP contribution in [0.25, 0.3) is 21.5 Å². The number of nitrogens with two attached hydrogens (primary N) is 1. The summed E-state index contributed by atoms with van der Waals surface area (Å²) in [6.07, 6.45) is 4.59. The number of likely N-dealkylation sites (tertiary alicyclic amines) is 1. The minimum absolute atomic E-state index is 0.150. The first-order chi connectivity index (χ1) is 17.5. The number of hydrogen-bond donors (Lipinski definition) is 1. The van der Waals surface area contributed by atoms with Crippen LogP contribution < -0.4 is 10.6 Å². The molecular formula is C28H35N5O3S. The average Bonchev–Trinajstić information content (AvgIpc) is 3.31. The summed E-state index contributed by atoms with van der Waals surface area (Å²) in [5.74, 6) is -0.668. The van der Waals surface area contributed by atoms with Crippen molar-refractivity contribution in [3.63, 3.8) is 0 Å². The van der Waals surface area contributed by atoms with Crippen molar-refractivity contribution in [2.75, 3.05) is 11.4 Å². The monoisotopic (exact) mass is 521 g/mol. The van der Waals surface area contributed by atoms with E-state index in [0.29, 0.717) is 17.9 Å². The van der Waals surface area contributed by atoms with E-state index in [1.54, 1.807) is 11.1 Å². The lowest BCUT2D eigenvalue weighted by atomic mass is 9.82. The van der Waals surface area contributed by atoms with Crippen LogP contribution in [0, 0.1) is 25.2 Å². The normalized spacial score (nSPS) is 17.1. The molecule has 0 radical (unpaired) electrons. The fourth-order valence-electron chi connectivity index (χ4n) is 4.94. The first-order valence-electron chi connectivity index (χ1n) is 12.8. The molecule has 1 unspecified atom stereocenters. The summed E-state index contributed by atoms with van der Waals surface area (Å²) < 4.78 is 0.889. The van der Waals surface area contributed by atoms with E-state index in [2.05, 4.69) is 11.9 Å². The van der Waals surface area contributed by atoms with Gasteiger partial charge in [0.05, 0.1) is 33.6 Å². The molecule has 1 saturated heterocycles. The molecule has 37 heavy (non-hydrogen) atoms. The van der Waals surface area contributed by atoms with Gasteiger partial charge in [-0.1, -0.05) is 40.5 Å². The van der Waals surface area contributed by atoms with E-state index in [1.165, 1.54) is 16.2 Å². The smallest absolute Gasteiger partial charge is 0.319 e. The zero-order valence-corrected chi connectivity index (χ0v) is 23.2. The number of anilines is 1. The molecule has 2 N–H and O–H groups in total. The molecule has 9 heteroatoms. The number of pyridine rings is 2. The molecule has 0 saturated carbocycles. The van der Waals surface area contributed by atoms with E-state index >= 15 is 0 Å². The predicted molar refractivity (Wildman–Crippen MR) is 147 cm³/mol. The Morgan fingerprint density at radius 2 is 1.95 bits per heavy atom. The van der Waals surface area contributed by atoms with E-state index < -0.39 is 11.4 Å². The number of nitrogens with zero attached hydrogens (tertiary/aromatic N) is 4. The molecule has 1 aliphatic heterocycles. The predicted octanol–water partition coefficient (Wildman–Crippen LogP) is 5.58. The van der Waals surface area contributed by atoms with Crippen LogP contribution in [-0.4, -0.2) is 39.3 Å². The SMILES string of the molecule is CCCCCN(C(N)=O)c1c(C)cc(C)nc1-c1ccnc2cc(CN3C(=O)C(C)C(C)(C)C3=O)sc12. The van der Waals surface area contributed by atoms with Gasteiger partial charge in [-0.2, -0.15) is 0 Å². The van der Waals surface area contributed by atoms with Crippen LogP contribution in [0.4, 0.5) is 10.5 Å². The van der Waals surface area contributed by atoms with Crippen molar-refractivity contribution in [2.45, 2.75) is 67.3 Å². The number of primary amides is 1. The highest BCUT2D eigenvalue weighted by molar-refractivity contribution is 7.19. The molecule has 1 fully saturated rings. The van der Waals surface area contributed by atoms with Crippen LogP contribution in [0.1, 0.15) is 63.1 Å². The third kappa shape index (κ3) is 4.84. The molecular weight excluding hydrogens is 486 g/mol. The molecule has 4 rings (SSSR count). The maximum absolute atomic E-state index is 13.0. The molecule has 0 aliphatic carbocycles. The maximum atomic E-state index is 13.0. The van der Waals surface area contributed by atoms with E-state index in [0.717, 1.165) is 51.2 Å². The third-order valence-electron chi connectivity index (χ3n) is 7.38. The number of rotatable bonds is 8. The Balaban J connectivity index is 1.79. The summed E-state index contributed by atoms with van der Waals surface area (Å²) in [4.78, 5) is 51.6. The fraction of sp³-hybridized carbons (Fsp3) is 0.464. The molecule has 0 spiro atoms. The van der Waals surface area contributed by atoms with Crippen molar-refractivity contribution in [2.24, 2.45) is 17.1 Å². The minimum Gasteiger partial charge on any atom is -0.351 e. The molecule has 4 amide bonds. The second-order valence-electron chi connectivity index (χ2n) is 10.4. The standard InChI is InChI=1S/C28H35N5O3S/c1-7-8-9-12-32(27(29)36)23-16(2)13-17(3)31-22(23)20-10-11-30-21-14-19(37-24(20)21)15-33-25(34)18(4)28(5,6)26(33)35/h10-11,13-14,18H,7-9,12,15H2,1-6H3,(H2,29,36). The highest BCUT2D eigenvalue weighted by Crippen LogP contribution is 2.42. The number of imide groups is 1. The number of fused-ring (bicyclic) bond motifs is 1. The molecule has 3 aromatic heterocycles. The lowest BCUT2D eigenvalue weighted by Gasteiger charge is -2.25. The van der Waals surface area contributed by atoms with E-state index in [4.69, 9.17) is 10.7 Å². The van der Waals surface area contributed by atoms with E-state index in [9.17, 15) is 14.4 Å². The van der Waals surface area contributed by atoms with Gasteiger partial charge in [-0.05, 0) is 44.0 Å². The summed E-state index contributed by atoms with van der Waals surface area (Å²) in [6.45, 7) is 12.2. The number of aromatic nitrogens is 2. The molecule has 1 atom stereocenters. The van der Waals surface area contributed by atoms with Gasteiger partial charge in [-0.3, -0.25) is 29.4 Å². The number of urea groups is 1. The quantitative estimate of drug-likeness (QED) is 0.307. The van der Waals surface area contributed by atoms with Crippen molar-refractivity contribution in [1.29, 1.82) is 0 Å². The van der Waals surface area contributed by atoms with E-state index in [-0.39, 0.29) is 24.3 Å². The molecule has 4 heterocycles. The van der Waals surface area contributed by atoms with Crippen molar-refractivity contribution >= 4 is 45.1 Å². The van der Waals surface area contributed by atoms with Crippen molar-refractivity contribution < 1.29 is 14.4 Å². The van der Waals surface area contributed by atoms with Crippen molar-refractivity contribution in [1.82, 2.24) is 14.9 Å². The highest BCUT2D eigenvalue weighted by Gasteiger charge is 2.51. The maximum Gasteiger partial charge on any atom is 0.319 e. The Kier molecular flexibility index (Phi) is 7.37. The summed E-state index contributed by atoms with van der Waals surface area (Å²) in [7, 11) is 0. The lowest BCUT2D eigenvalue weighted by Crippen LogP contribution is -2.37. The molecule has 3 aromatic rings. The number of aryl methyl sites for hydroxylation is 2. The number of carbonyl (C=O) groups is 3. The van der Waals surface area contributed by atoms with Crippen molar-refractivity contribution in [3.05, 3.63) is 40.5 Å². The second-order valence-corrected chi connectivity index (χ2v) is 11.6. The van der Waals surface area contributed by atoms with Gasteiger partial charge in [0.15, 0.2) is 0 Å².